The van der Waals surface area contributed by atoms with E-state index in [0.29, 0.717) is 0 Å². The van der Waals surface area contributed by atoms with Crippen molar-refractivity contribution in [3.8, 4) is 6.07 Å². The minimum atomic E-state index is 0.792. The van der Waals surface area contributed by atoms with E-state index in [1.807, 2.05) is 35.7 Å². The molecule has 0 radical (unpaired) electrons. The quantitative estimate of drug-likeness (QED) is 0.666. The van der Waals surface area contributed by atoms with Gasteiger partial charge >= 0.3 is 0 Å². The SMILES string of the molecule is N#Cc1sccc1CSc1ccccc1N. The van der Waals surface area contributed by atoms with E-state index in [-0.39, 0.29) is 0 Å². The van der Waals surface area contributed by atoms with Gasteiger partial charge in [-0.2, -0.15) is 5.26 Å². The summed E-state index contributed by atoms with van der Waals surface area (Å²) in [4.78, 5) is 1.86. The largest absolute Gasteiger partial charge is 0.398 e. The highest BCUT2D eigenvalue weighted by atomic mass is 32.2. The number of nitrogen functional groups attached to an aromatic ring is 1. The maximum atomic E-state index is 8.89. The smallest absolute Gasteiger partial charge is 0.110 e. The number of hydrogen-bond acceptors (Lipinski definition) is 4. The van der Waals surface area contributed by atoms with Crippen LogP contribution in [0.1, 0.15) is 10.4 Å². The van der Waals surface area contributed by atoms with Crippen molar-refractivity contribution < 1.29 is 0 Å². The lowest BCUT2D eigenvalue weighted by Crippen LogP contribution is -1.88. The van der Waals surface area contributed by atoms with Gasteiger partial charge in [0.05, 0.1) is 0 Å². The topological polar surface area (TPSA) is 49.8 Å². The van der Waals surface area contributed by atoms with E-state index in [4.69, 9.17) is 11.0 Å². The van der Waals surface area contributed by atoms with Crippen LogP contribution in [0.5, 0.6) is 0 Å². The Hall–Kier alpha value is -1.44. The van der Waals surface area contributed by atoms with Crippen LogP contribution in [-0.4, -0.2) is 0 Å². The van der Waals surface area contributed by atoms with Crippen LogP contribution in [0.4, 0.5) is 5.69 Å². The molecule has 0 amide bonds. The Labute approximate surface area is 103 Å². The molecule has 0 saturated heterocycles. The molecule has 2 nitrogen and oxygen atoms in total. The van der Waals surface area contributed by atoms with Crippen molar-refractivity contribution in [1.29, 1.82) is 5.26 Å². The van der Waals surface area contributed by atoms with Gasteiger partial charge in [-0.25, -0.2) is 0 Å². The number of nitriles is 1. The van der Waals surface area contributed by atoms with Crippen LogP contribution < -0.4 is 5.73 Å². The molecule has 0 aliphatic carbocycles. The molecule has 2 aromatic rings. The lowest BCUT2D eigenvalue weighted by Gasteiger charge is -2.03. The number of para-hydroxylation sites is 1. The summed E-state index contributed by atoms with van der Waals surface area (Å²) >= 11 is 3.15. The van der Waals surface area contributed by atoms with Crippen LogP contribution in [0.2, 0.25) is 0 Å². The van der Waals surface area contributed by atoms with Crippen molar-refractivity contribution in [2.45, 2.75) is 10.6 Å². The highest BCUT2D eigenvalue weighted by Crippen LogP contribution is 2.29. The van der Waals surface area contributed by atoms with Gasteiger partial charge in [0.2, 0.25) is 0 Å². The minimum absolute atomic E-state index is 0.792. The zero-order valence-corrected chi connectivity index (χ0v) is 10.1. The standard InChI is InChI=1S/C12H10N2S2/c13-7-12-9(5-6-15-12)8-16-11-4-2-1-3-10(11)14/h1-6H,8,14H2. The highest BCUT2D eigenvalue weighted by Gasteiger charge is 2.05. The second kappa shape index (κ2) is 5.06. The molecule has 0 saturated carbocycles. The number of anilines is 1. The van der Waals surface area contributed by atoms with Crippen LogP contribution in [0.15, 0.2) is 40.6 Å². The number of thiophene rings is 1. The van der Waals surface area contributed by atoms with Crippen LogP contribution in [-0.2, 0) is 5.75 Å². The molecular formula is C12H10N2S2. The minimum Gasteiger partial charge on any atom is -0.398 e. The van der Waals surface area contributed by atoms with Crippen LogP contribution >= 0.6 is 23.1 Å². The molecule has 0 spiro atoms. The molecule has 1 aromatic heterocycles. The number of rotatable bonds is 3. The monoisotopic (exact) mass is 246 g/mol. The second-order valence-corrected chi connectivity index (χ2v) is 5.15. The first-order valence-electron chi connectivity index (χ1n) is 4.75. The molecule has 1 aromatic carbocycles. The number of thioether (sulfide) groups is 1. The third kappa shape index (κ3) is 2.38. The van der Waals surface area contributed by atoms with Crippen LogP contribution in [0.25, 0.3) is 0 Å². The van der Waals surface area contributed by atoms with Crippen molar-refractivity contribution in [3.05, 3.63) is 46.2 Å². The van der Waals surface area contributed by atoms with Crippen molar-refractivity contribution >= 4 is 28.8 Å². The zero-order valence-electron chi connectivity index (χ0n) is 8.51. The predicted octanol–water partition coefficient (Wildman–Crippen LogP) is 3.49. The van der Waals surface area contributed by atoms with Gasteiger partial charge in [-0.05, 0) is 29.1 Å². The fraction of sp³-hybridized carbons (Fsp3) is 0.0833. The number of hydrogen-bond donors (Lipinski definition) is 1. The first kappa shape index (κ1) is 11.1. The summed E-state index contributed by atoms with van der Waals surface area (Å²) in [6, 6.07) is 12.0. The molecule has 2 N–H and O–H groups in total. The molecule has 4 heteroatoms. The third-order valence-electron chi connectivity index (χ3n) is 2.15. The molecule has 0 aliphatic rings. The molecule has 0 unspecified atom stereocenters. The van der Waals surface area contributed by atoms with Gasteiger partial charge in [-0.3, -0.25) is 0 Å². The molecule has 80 valence electrons. The molecule has 1 heterocycles. The molecule has 2 rings (SSSR count). The third-order valence-corrected chi connectivity index (χ3v) is 4.15. The summed E-state index contributed by atoms with van der Waals surface area (Å²) in [5.41, 5.74) is 7.72. The zero-order chi connectivity index (χ0) is 11.4. The Bertz CT molecular complexity index is 524. The Morgan fingerprint density at radius 1 is 1.31 bits per heavy atom. The average molecular weight is 246 g/mol. The van der Waals surface area contributed by atoms with Crippen LogP contribution in [0, 0.1) is 11.3 Å². The maximum absolute atomic E-state index is 8.89. The van der Waals surface area contributed by atoms with Gasteiger partial charge in [0.25, 0.3) is 0 Å². The summed E-state index contributed by atoms with van der Waals surface area (Å²) in [6.07, 6.45) is 0. The Kier molecular flexibility index (Phi) is 3.50. The van der Waals surface area contributed by atoms with Crippen molar-refractivity contribution in [2.24, 2.45) is 0 Å². The molecular weight excluding hydrogens is 236 g/mol. The summed E-state index contributed by atoms with van der Waals surface area (Å²) in [5.74, 6) is 0.792. The highest BCUT2D eigenvalue weighted by molar-refractivity contribution is 7.98. The van der Waals surface area contributed by atoms with Crippen molar-refractivity contribution in [2.75, 3.05) is 5.73 Å². The van der Waals surface area contributed by atoms with Gasteiger partial charge in [0.15, 0.2) is 0 Å². The Morgan fingerprint density at radius 2 is 2.12 bits per heavy atom. The van der Waals surface area contributed by atoms with Gasteiger partial charge in [0.1, 0.15) is 10.9 Å². The van der Waals surface area contributed by atoms with Gasteiger partial charge in [-0.15, -0.1) is 23.1 Å². The fourth-order valence-corrected chi connectivity index (χ4v) is 3.08. The fourth-order valence-electron chi connectivity index (χ4n) is 1.31. The van der Waals surface area contributed by atoms with E-state index >= 15 is 0 Å². The lowest BCUT2D eigenvalue weighted by atomic mass is 10.3. The average Bonchev–Trinajstić information content (AvgIpc) is 2.75. The normalized spacial score (nSPS) is 9.94. The summed E-state index contributed by atoms with van der Waals surface area (Å²) in [6.45, 7) is 0. The number of nitrogens with zero attached hydrogens (tertiary/aromatic N) is 1. The van der Waals surface area contributed by atoms with Gasteiger partial charge < -0.3 is 5.73 Å². The molecule has 0 fully saturated rings. The van der Waals surface area contributed by atoms with E-state index in [9.17, 15) is 0 Å². The summed E-state index contributed by atoms with van der Waals surface area (Å²) in [5, 5.41) is 10.8. The molecule has 16 heavy (non-hydrogen) atoms. The number of benzene rings is 1. The van der Waals surface area contributed by atoms with E-state index in [0.717, 1.165) is 26.8 Å². The number of nitrogens with two attached hydrogens (primary N) is 1. The van der Waals surface area contributed by atoms with Gasteiger partial charge in [0, 0.05) is 16.3 Å². The second-order valence-electron chi connectivity index (χ2n) is 3.21. The van der Waals surface area contributed by atoms with Crippen molar-refractivity contribution in [1.82, 2.24) is 0 Å². The first-order chi connectivity index (χ1) is 7.81. The van der Waals surface area contributed by atoms with E-state index in [1.54, 1.807) is 11.8 Å². The van der Waals surface area contributed by atoms with E-state index in [1.165, 1.54) is 11.3 Å². The molecule has 0 atom stereocenters. The van der Waals surface area contributed by atoms with Crippen molar-refractivity contribution in [3.63, 3.8) is 0 Å². The Balaban J connectivity index is 2.09. The summed E-state index contributed by atoms with van der Waals surface area (Å²) < 4.78 is 0. The predicted molar refractivity (Wildman–Crippen MR) is 69.4 cm³/mol. The molecule has 0 bridgehead atoms. The lowest BCUT2D eigenvalue weighted by molar-refractivity contribution is 1.39. The van der Waals surface area contributed by atoms with E-state index in [2.05, 4.69) is 6.07 Å². The van der Waals surface area contributed by atoms with Crippen LogP contribution in [0.3, 0.4) is 0 Å². The molecule has 0 aliphatic heterocycles. The van der Waals surface area contributed by atoms with E-state index < -0.39 is 0 Å². The summed E-state index contributed by atoms with van der Waals surface area (Å²) in [7, 11) is 0. The first-order valence-corrected chi connectivity index (χ1v) is 6.61. The maximum Gasteiger partial charge on any atom is 0.110 e. The van der Waals surface area contributed by atoms with Gasteiger partial charge in [-0.1, -0.05) is 12.1 Å². The Morgan fingerprint density at radius 3 is 2.88 bits per heavy atom.